The summed E-state index contributed by atoms with van der Waals surface area (Å²) in [7, 11) is 0. The third kappa shape index (κ3) is 3.49. The van der Waals surface area contributed by atoms with Crippen LogP contribution in [0.4, 0.5) is 11.4 Å². The highest BCUT2D eigenvalue weighted by atomic mass is 35.5. The van der Waals surface area contributed by atoms with E-state index in [1.165, 1.54) is 12.1 Å². The Bertz CT molecular complexity index is 777. The van der Waals surface area contributed by atoms with Crippen molar-refractivity contribution < 1.29 is 14.5 Å². The Kier molecular flexibility index (Phi) is 4.66. The van der Waals surface area contributed by atoms with Gasteiger partial charge in [0, 0.05) is 29.3 Å². The minimum absolute atomic E-state index is 0.00365. The molecule has 0 saturated carbocycles. The van der Waals surface area contributed by atoms with E-state index in [0.717, 1.165) is 11.3 Å². The van der Waals surface area contributed by atoms with Gasteiger partial charge in [-0.1, -0.05) is 11.6 Å². The van der Waals surface area contributed by atoms with Crippen LogP contribution in [0.1, 0.15) is 12.0 Å². The molecule has 0 bridgehead atoms. The molecule has 6 nitrogen and oxygen atoms in total. The average molecular weight is 347 g/mol. The zero-order chi connectivity index (χ0) is 17.1. The number of non-ortho nitro benzene ring substituents is 1. The van der Waals surface area contributed by atoms with E-state index in [-0.39, 0.29) is 11.6 Å². The van der Waals surface area contributed by atoms with E-state index >= 15 is 0 Å². The lowest BCUT2D eigenvalue weighted by Gasteiger charge is -2.29. The molecule has 2 aromatic rings. The number of benzene rings is 2. The number of anilines is 1. The number of nitro groups is 1. The molecule has 0 spiro atoms. The number of amides is 1. The van der Waals surface area contributed by atoms with Crippen LogP contribution in [-0.4, -0.2) is 24.0 Å². The number of rotatable bonds is 5. The summed E-state index contributed by atoms with van der Waals surface area (Å²) < 4.78 is 5.63. The van der Waals surface area contributed by atoms with Gasteiger partial charge in [0.25, 0.3) is 5.69 Å². The number of nitrogens with zero attached hydrogens (tertiary/aromatic N) is 2. The van der Waals surface area contributed by atoms with E-state index in [1.807, 2.05) is 0 Å². The molecule has 0 saturated heterocycles. The van der Waals surface area contributed by atoms with E-state index in [2.05, 4.69) is 0 Å². The molecule has 124 valence electrons. The molecule has 0 unspecified atom stereocenters. The van der Waals surface area contributed by atoms with Crippen LogP contribution in [0, 0.1) is 10.1 Å². The number of aryl methyl sites for hydroxylation is 1. The Labute approximate surface area is 143 Å². The number of hydrogen-bond acceptors (Lipinski definition) is 4. The largest absolute Gasteiger partial charge is 0.492 e. The van der Waals surface area contributed by atoms with Gasteiger partial charge in [-0.05, 0) is 42.3 Å². The molecule has 7 heteroatoms. The Morgan fingerprint density at radius 1 is 1.17 bits per heavy atom. The minimum Gasteiger partial charge on any atom is -0.492 e. The molecule has 1 amide bonds. The van der Waals surface area contributed by atoms with Crippen LogP contribution in [0.15, 0.2) is 42.5 Å². The quantitative estimate of drug-likeness (QED) is 0.612. The first-order valence-corrected chi connectivity index (χ1v) is 7.88. The number of carbonyl (C=O) groups excluding carboxylic acids is 1. The van der Waals surface area contributed by atoms with Crippen LogP contribution < -0.4 is 9.64 Å². The van der Waals surface area contributed by atoms with Gasteiger partial charge in [0.05, 0.1) is 11.5 Å². The summed E-state index contributed by atoms with van der Waals surface area (Å²) in [5.41, 5.74) is 1.58. The van der Waals surface area contributed by atoms with Crippen molar-refractivity contribution in [3.05, 3.63) is 63.2 Å². The highest BCUT2D eigenvalue weighted by molar-refractivity contribution is 6.30. The van der Waals surface area contributed by atoms with Crippen LogP contribution in [0.5, 0.6) is 5.75 Å². The van der Waals surface area contributed by atoms with E-state index in [0.29, 0.717) is 36.8 Å². The third-order valence-electron chi connectivity index (χ3n) is 3.87. The Balaban J connectivity index is 1.70. The number of nitro benzene ring substituents is 1. The first-order chi connectivity index (χ1) is 11.5. The lowest BCUT2D eigenvalue weighted by atomic mass is 10.0. The molecule has 2 aromatic carbocycles. The maximum absolute atomic E-state index is 12.2. The van der Waals surface area contributed by atoms with Gasteiger partial charge in [-0.2, -0.15) is 0 Å². The molecule has 0 N–H and O–H groups in total. The van der Waals surface area contributed by atoms with Gasteiger partial charge in [0.1, 0.15) is 12.4 Å². The van der Waals surface area contributed by atoms with Crippen molar-refractivity contribution in [2.75, 3.05) is 18.1 Å². The summed E-state index contributed by atoms with van der Waals surface area (Å²) in [6.07, 6.45) is 0.861. The normalized spacial score (nSPS) is 13.5. The number of carbonyl (C=O) groups is 1. The van der Waals surface area contributed by atoms with Gasteiger partial charge in [-0.25, -0.2) is 0 Å². The molecule has 1 heterocycles. The molecule has 0 radical (unpaired) electrons. The van der Waals surface area contributed by atoms with E-state index in [1.54, 1.807) is 35.2 Å². The molecule has 1 aliphatic rings. The molecule has 24 heavy (non-hydrogen) atoms. The first-order valence-electron chi connectivity index (χ1n) is 7.50. The number of hydrogen-bond donors (Lipinski definition) is 0. The second kappa shape index (κ2) is 6.88. The van der Waals surface area contributed by atoms with Crippen LogP contribution in [0.2, 0.25) is 5.02 Å². The van der Waals surface area contributed by atoms with Crippen molar-refractivity contribution in [2.24, 2.45) is 0 Å². The number of halogens is 1. The summed E-state index contributed by atoms with van der Waals surface area (Å²) >= 11 is 5.82. The summed E-state index contributed by atoms with van der Waals surface area (Å²) in [4.78, 5) is 24.3. The fraction of sp³-hybridized carbons (Fsp3) is 0.235. The van der Waals surface area contributed by atoms with Crippen molar-refractivity contribution in [3.63, 3.8) is 0 Å². The SMILES string of the molecule is O=C1CCc2cc([N+](=O)[O-])ccc2N1CCOc1ccc(Cl)cc1. The van der Waals surface area contributed by atoms with Crippen molar-refractivity contribution in [1.29, 1.82) is 0 Å². The zero-order valence-corrected chi connectivity index (χ0v) is 13.5. The van der Waals surface area contributed by atoms with E-state index in [4.69, 9.17) is 16.3 Å². The smallest absolute Gasteiger partial charge is 0.269 e. The highest BCUT2D eigenvalue weighted by Gasteiger charge is 2.25. The first kappa shape index (κ1) is 16.3. The number of fused-ring (bicyclic) bond motifs is 1. The maximum atomic E-state index is 12.2. The van der Waals surface area contributed by atoms with E-state index in [9.17, 15) is 14.9 Å². The van der Waals surface area contributed by atoms with Crippen molar-refractivity contribution in [3.8, 4) is 5.75 Å². The molecule has 0 aromatic heterocycles. The molecule has 1 aliphatic heterocycles. The molecule has 3 rings (SSSR count). The van der Waals surface area contributed by atoms with Gasteiger partial charge in [0.2, 0.25) is 5.91 Å². The number of ether oxygens (including phenoxy) is 1. The monoisotopic (exact) mass is 346 g/mol. The molecule has 0 aliphatic carbocycles. The van der Waals surface area contributed by atoms with Gasteiger partial charge < -0.3 is 9.64 Å². The van der Waals surface area contributed by atoms with Gasteiger partial charge in [-0.3, -0.25) is 14.9 Å². The second-order valence-corrected chi connectivity index (χ2v) is 5.85. The fourth-order valence-electron chi connectivity index (χ4n) is 2.69. The highest BCUT2D eigenvalue weighted by Crippen LogP contribution is 2.30. The van der Waals surface area contributed by atoms with Gasteiger partial charge >= 0.3 is 0 Å². The van der Waals surface area contributed by atoms with Crippen LogP contribution in [0.3, 0.4) is 0 Å². The predicted octanol–water partition coefficient (Wildman–Crippen LogP) is 3.61. The standard InChI is InChI=1S/C17H15ClN2O4/c18-13-2-5-15(6-3-13)24-10-9-19-16-7-4-14(20(22)23)11-12(16)1-8-17(19)21/h2-7,11H,1,8-10H2. The summed E-state index contributed by atoms with van der Waals surface area (Å²) in [5.74, 6) is 0.670. The van der Waals surface area contributed by atoms with Crippen molar-refractivity contribution in [1.82, 2.24) is 0 Å². The molecular weight excluding hydrogens is 332 g/mol. The van der Waals surface area contributed by atoms with Crippen LogP contribution in [0.25, 0.3) is 0 Å². The maximum Gasteiger partial charge on any atom is 0.269 e. The lowest BCUT2D eigenvalue weighted by Crippen LogP contribution is -2.38. The Hall–Kier alpha value is -2.60. The van der Waals surface area contributed by atoms with Crippen LogP contribution >= 0.6 is 11.6 Å². The predicted molar refractivity (Wildman–Crippen MR) is 90.7 cm³/mol. The third-order valence-corrected chi connectivity index (χ3v) is 4.12. The fourth-order valence-corrected chi connectivity index (χ4v) is 2.82. The molecule has 0 atom stereocenters. The van der Waals surface area contributed by atoms with Crippen molar-refractivity contribution in [2.45, 2.75) is 12.8 Å². The van der Waals surface area contributed by atoms with Gasteiger partial charge in [-0.15, -0.1) is 0 Å². The summed E-state index contributed by atoms with van der Waals surface area (Å²) in [6.45, 7) is 0.704. The summed E-state index contributed by atoms with van der Waals surface area (Å²) in [5, 5.41) is 11.5. The Morgan fingerprint density at radius 3 is 2.62 bits per heavy atom. The molecule has 0 fully saturated rings. The van der Waals surface area contributed by atoms with E-state index < -0.39 is 4.92 Å². The van der Waals surface area contributed by atoms with Crippen LogP contribution in [-0.2, 0) is 11.2 Å². The lowest BCUT2D eigenvalue weighted by molar-refractivity contribution is -0.384. The van der Waals surface area contributed by atoms with Gasteiger partial charge in [0.15, 0.2) is 0 Å². The minimum atomic E-state index is -0.426. The zero-order valence-electron chi connectivity index (χ0n) is 12.8. The molecular formula is C17H15ClN2O4. The summed E-state index contributed by atoms with van der Waals surface area (Å²) in [6, 6.07) is 11.6. The topological polar surface area (TPSA) is 72.7 Å². The van der Waals surface area contributed by atoms with Crippen molar-refractivity contribution >= 4 is 28.9 Å². The Morgan fingerprint density at radius 2 is 1.92 bits per heavy atom. The second-order valence-electron chi connectivity index (χ2n) is 5.42. The average Bonchev–Trinajstić information content (AvgIpc) is 2.58.